The molecule has 0 amide bonds. The molecule has 1 atom stereocenters. The first-order valence-electron chi connectivity index (χ1n) is 12.3. The van der Waals surface area contributed by atoms with Crippen molar-refractivity contribution in [3.8, 4) is 11.4 Å². The zero-order valence-electron chi connectivity index (χ0n) is 20.7. The van der Waals surface area contributed by atoms with Crippen LogP contribution in [0.15, 0.2) is 67.3 Å². The first-order valence-corrected chi connectivity index (χ1v) is 12.3. The van der Waals surface area contributed by atoms with E-state index in [1.165, 1.54) is 11.1 Å². The number of benzene rings is 2. The van der Waals surface area contributed by atoms with E-state index in [2.05, 4.69) is 61.5 Å². The summed E-state index contributed by atoms with van der Waals surface area (Å²) < 4.78 is 30.5. The molecule has 0 bridgehead atoms. The fourth-order valence-electron chi connectivity index (χ4n) is 4.18. The third kappa shape index (κ3) is 6.86. The van der Waals surface area contributed by atoms with Gasteiger partial charge in [-0.25, -0.2) is 13.8 Å². The molecule has 3 aromatic rings. The summed E-state index contributed by atoms with van der Waals surface area (Å²) in [6.07, 6.45) is 2.08. The standard InChI is InChI=1S/C29H37F2N3/c1-5-7-18-34-26(27(28(30)31)32-29(34)25-11-9-8-10-12-25)21-33(20-22(3)6-2)19-17-24-15-13-23(4)14-16-24/h6,8-16,22,28H,2,5,7,17-21H2,1,3-4H3. The molecule has 0 saturated carbocycles. The van der Waals surface area contributed by atoms with Crippen LogP contribution in [0.5, 0.6) is 0 Å². The number of nitrogens with zero attached hydrogens (tertiary/aromatic N) is 3. The number of unbranched alkanes of at least 4 members (excludes halogenated alkanes) is 1. The Hall–Kier alpha value is -2.79. The molecule has 0 N–H and O–H groups in total. The van der Waals surface area contributed by atoms with Crippen molar-refractivity contribution in [2.45, 2.75) is 59.5 Å². The van der Waals surface area contributed by atoms with Crippen LogP contribution in [0.25, 0.3) is 11.4 Å². The molecule has 182 valence electrons. The van der Waals surface area contributed by atoms with E-state index < -0.39 is 6.43 Å². The molecule has 5 heteroatoms. The molecule has 1 heterocycles. The fraction of sp³-hybridized carbons (Fsp3) is 0.414. The van der Waals surface area contributed by atoms with E-state index >= 15 is 0 Å². The van der Waals surface area contributed by atoms with Gasteiger partial charge in [0.25, 0.3) is 6.43 Å². The van der Waals surface area contributed by atoms with Crippen molar-refractivity contribution < 1.29 is 8.78 Å². The molecular weight excluding hydrogens is 428 g/mol. The summed E-state index contributed by atoms with van der Waals surface area (Å²) >= 11 is 0. The second-order valence-corrected chi connectivity index (χ2v) is 9.12. The van der Waals surface area contributed by atoms with Crippen molar-refractivity contribution >= 4 is 0 Å². The predicted octanol–water partition coefficient (Wildman–Crippen LogP) is 7.46. The summed E-state index contributed by atoms with van der Waals surface area (Å²) in [4.78, 5) is 6.75. The van der Waals surface area contributed by atoms with Gasteiger partial charge in [-0.05, 0) is 31.2 Å². The van der Waals surface area contributed by atoms with Gasteiger partial charge in [0.2, 0.25) is 0 Å². The van der Waals surface area contributed by atoms with Crippen LogP contribution in [0.4, 0.5) is 8.78 Å². The normalized spacial score (nSPS) is 12.4. The van der Waals surface area contributed by atoms with Crippen molar-refractivity contribution in [2.24, 2.45) is 5.92 Å². The number of halogens is 2. The monoisotopic (exact) mass is 465 g/mol. The van der Waals surface area contributed by atoms with Crippen molar-refractivity contribution in [3.63, 3.8) is 0 Å². The molecule has 34 heavy (non-hydrogen) atoms. The molecule has 0 fully saturated rings. The largest absolute Gasteiger partial charge is 0.326 e. The highest BCUT2D eigenvalue weighted by Gasteiger charge is 2.26. The zero-order valence-corrected chi connectivity index (χ0v) is 20.7. The van der Waals surface area contributed by atoms with E-state index in [9.17, 15) is 8.78 Å². The van der Waals surface area contributed by atoms with Crippen LogP contribution in [0.1, 0.15) is 55.6 Å². The van der Waals surface area contributed by atoms with Gasteiger partial charge in [-0.3, -0.25) is 4.90 Å². The van der Waals surface area contributed by atoms with Gasteiger partial charge in [-0.15, -0.1) is 6.58 Å². The molecule has 0 aliphatic heterocycles. The van der Waals surface area contributed by atoms with Gasteiger partial charge in [-0.2, -0.15) is 0 Å². The second kappa shape index (κ2) is 12.6. The molecule has 0 saturated heterocycles. The Morgan fingerprint density at radius 2 is 1.79 bits per heavy atom. The molecule has 1 unspecified atom stereocenters. The number of hydrogen-bond donors (Lipinski definition) is 0. The summed E-state index contributed by atoms with van der Waals surface area (Å²) in [7, 11) is 0. The molecule has 3 nitrogen and oxygen atoms in total. The van der Waals surface area contributed by atoms with Crippen LogP contribution >= 0.6 is 0 Å². The van der Waals surface area contributed by atoms with Crippen LogP contribution in [0, 0.1) is 12.8 Å². The highest BCUT2D eigenvalue weighted by molar-refractivity contribution is 5.57. The van der Waals surface area contributed by atoms with E-state index in [-0.39, 0.29) is 11.6 Å². The Bertz CT molecular complexity index is 1030. The van der Waals surface area contributed by atoms with Gasteiger partial charge in [-0.1, -0.05) is 86.5 Å². The summed E-state index contributed by atoms with van der Waals surface area (Å²) in [5.74, 6) is 0.892. The van der Waals surface area contributed by atoms with Crippen LogP contribution in [-0.2, 0) is 19.5 Å². The number of rotatable bonds is 13. The molecule has 2 aromatic carbocycles. The summed E-state index contributed by atoms with van der Waals surface area (Å²) in [5.41, 5.74) is 3.89. The van der Waals surface area contributed by atoms with E-state index in [0.717, 1.165) is 37.9 Å². The Labute approximate surface area is 203 Å². The van der Waals surface area contributed by atoms with Crippen LogP contribution in [0.2, 0.25) is 0 Å². The molecule has 0 aliphatic rings. The van der Waals surface area contributed by atoms with Gasteiger partial charge in [0.05, 0.1) is 5.69 Å². The average Bonchev–Trinajstić information content (AvgIpc) is 3.20. The number of aryl methyl sites for hydroxylation is 1. The molecule has 0 spiro atoms. The van der Waals surface area contributed by atoms with Gasteiger partial charge < -0.3 is 4.57 Å². The minimum Gasteiger partial charge on any atom is -0.326 e. The number of alkyl halides is 2. The summed E-state index contributed by atoms with van der Waals surface area (Å²) in [6, 6.07) is 18.2. The number of imidazole rings is 1. The molecular formula is C29H37F2N3. The maximum atomic E-state index is 14.2. The highest BCUT2D eigenvalue weighted by Crippen LogP contribution is 2.30. The van der Waals surface area contributed by atoms with Gasteiger partial charge in [0.15, 0.2) is 0 Å². The quantitative estimate of drug-likeness (QED) is 0.244. The lowest BCUT2D eigenvalue weighted by atomic mass is 10.1. The molecule has 1 aromatic heterocycles. The minimum absolute atomic E-state index is 0.0958. The first-order chi connectivity index (χ1) is 16.4. The zero-order chi connectivity index (χ0) is 24.5. The molecule has 0 radical (unpaired) electrons. The van der Waals surface area contributed by atoms with Gasteiger partial charge >= 0.3 is 0 Å². The lowest BCUT2D eigenvalue weighted by molar-refractivity contribution is 0.142. The van der Waals surface area contributed by atoms with Crippen LogP contribution in [0.3, 0.4) is 0 Å². The third-order valence-electron chi connectivity index (χ3n) is 6.24. The highest BCUT2D eigenvalue weighted by atomic mass is 19.3. The lowest BCUT2D eigenvalue weighted by Crippen LogP contribution is -2.31. The van der Waals surface area contributed by atoms with E-state index in [0.29, 0.717) is 24.6 Å². The van der Waals surface area contributed by atoms with E-state index in [1.807, 2.05) is 41.0 Å². The molecule has 0 aliphatic carbocycles. The Morgan fingerprint density at radius 1 is 1.09 bits per heavy atom. The van der Waals surface area contributed by atoms with Gasteiger partial charge in [0.1, 0.15) is 11.5 Å². The fourth-order valence-corrected chi connectivity index (χ4v) is 4.18. The number of hydrogen-bond acceptors (Lipinski definition) is 2. The SMILES string of the molecule is C=CC(C)CN(CCc1ccc(C)cc1)Cc1c(C(F)F)nc(-c2ccccc2)n1CCCC. The molecule has 3 rings (SSSR count). The Kier molecular flexibility index (Phi) is 9.58. The minimum atomic E-state index is -2.61. The van der Waals surface area contributed by atoms with Gasteiger partial charge in [0, 0.05) is 31.7 Å². The maximum absolute atomic E-state index is 14.2. The number of aromatic nitrogens is 2. The summed E-state index contributed by atoms with van der Waals surface area (Å²) in [5, 5.41) is 0. The van der Waals surface area contributed by atoms with Crippen LogP contribution in [-0.4, -0.2) is 27.5 Å². The topological polar surface area (TPSA) is 21.1 Å². The van der Waals surface area contributed by atoms with E-state index in [4.69, 9.17) is 0 Å². The van der Waals surface area contributed by atoms with Crippen molar-refractivity contribution in [1.82, 2.24) is 14.5 Å². The van der Waals surface area contributed by atoms with Crippen LogP contribution < -0.4 is 0 Å². The average molecular weight is 466 g/mol. The van der Waals surface area contributed by atoms with Crippen molar-refractivity contribution in [2.75, 3.05) is 13.1 Å². The predicted molar refractivity (Wildman–Crippen MR) is 137 cm³/mol. The smallest absolute Gasteiger partial charge is 0.282 e. The first kappa shape index (κ1) is 25.8. The van der Waals surface area contributed by atoms with Crippen molar-refractivity contribution in [3.05, 3.63) is 89.8 Å². The maximum Gasteiger partial charge on any atom is 0.282 e. The van der Waals surface area contributed by atoms with Crippen molar-refractivity contribution in [1.29, 1.82) is 0 Å². The Morgan fingerprint density at radius 3 is 2.41 bits per heavy atom. The third-order valence-corrected chi connectivity index (χ3v) is 6.24. The summed E-state index contributed by atoms with van der Waals surface area (Å²) in [6.45, 7) is 12.9. The Balaban J connectivity index is 1.95. The van der Waals surface area contributed by atoms with E-state index in [1.54, 1.807) is 0 Å². The lowest BCUT2D eigenvalue weighted by Gasteiger charge is -2.26. The second-order valence-electron chi connectivity index (χ2n) is 9.12.